The first-order valence-corrected chi connectivity index (χ1v) is 8.85. The Hall–Kier alpha value is -0.630. The Morgan fingerprint density at radius 2 is 2.00 bits per heavy atom. The van der Waals surface area contributed by atoms with E-state index in [9.17, 15) is 9.90 Å². The first-order valence-electron chi connectivity index (χ1n) is 8.85. The summed E-state index contributed by atoms with van der Waals surface area (Å²) < 4.78 is 0. The van der Waals surface area contributed by atoms with Crippen LogP contribution in [0.1, 0.15) is 65.2 Å². The molecule has 6 atom stereocenters. The van der Waals surface area contributed by atoms with E-state index in [1.54, 1.807) is 5.57 Å². The molecule has 0 saturated heterocycles. The van der Waals surface area contributed by atoms with E-state index < -0.39 is 0 Å². The maximum absolute atomic E-state index is 11.8. The first-order chi connectivity index (χ1) is 9.95. The van der Waals surface area contributed by atoms with Crippen LogP contribution in [0.3, 0.4) is 0 Å². The molecule has 4 rings (SSSR count). The summed E-state index contributed by atoms with van der Waals surface area (Å²) in [4.78, 5) is 11.8. The summed E-state index contributed by atoms with van der Waals surface area (Å²) in [6.07, 6.45) is 10.7. The molecule has 21 heavy (non-hydrogen) atoms. The minimum Gasteiger partial charge on any atom is -0.393 e. The summed E-state index contributed by atoms with van der Waals surface area (Å²) in [5.74, 6) is 2.41. The van der Waals surface area contributed by atoms with Gasteiger partial charge in [-0.15, -0.1) is 0 Å². The molecule has 0 amide bonds. The van der Waals surface area contributed by atoms with E-state index in [1.165, 1.54) is 19.3 Å². The van der Waals surface area contributed by atoms with Crippen LogP contribution in [0.4, 0.5) is 0 Å². The number of aliphatic hydroxyl groups is 1. The summed E-state index contributed by atoms with van der Waals surface area (Å²) in [6.45, 7) is 4.73. The van der Waals surface area contributed by atoms with Crippen LogP contribution >= 0.6 is 0 Å². The second-order valence-electron chi connectivity index (χ2n) is 8.61. The summed E-state index contributed by atoms with van der Waals surface area (Å²) in [5.41, 5.74) is 2.05. The van der Waals surface area contributed by atoms with Crippen molar-refractivity contribution in [3.05, 3.63) is 11.6 Å². The Morgan fingerprint density at radius 3 is 2.81 bits per heavy atom. The van der Waals surface area contributed by atoms with Gasteiger partial charge in [-0.25, -0.2) is 0 Å². The molecule has 0 aliphatic heterocycles. The first kappa shape index (κ1) is 14.0. The van der Waals surface area contributed by atoms with Gasteiger partial charge in [0.25, 0.3) is 0 Å². The van der Waals surface area contributed by atoms with Crippen LogP contribution in [0.25, 0.3) is 0 Å². The smallest absolute Gasteiger partial charge is 0.133 e. The highest BCUT2D eigenvalue weighted by Gasteiger charge is 2.56. The molecule has 3 saturated carbocycles. The quantitative estimate of drug-likeness (QED) is 0.687. The van der Waals surface area contributed by atoms with Gasteiger partial charge < -0.3 is 5.11 Å². The predicted molar refractivity (Wildman–Crippen MR) is 82.7 cm³/mol. The van der Waals surface area contributed by atoms with Gasteiger partial charge in [0.05, 0.1) is 6.10 Å². The molecule has 2 heteroatoms. The second-order valence-corrected chi connectivity index (χ2v) is 8.61. The van der Waals surface area contributed by atoms with Gasteiger partial charge in [0.1, 0.15) is 5.78 Å². The lowest BCUT2D eigenvalue weighted by Crippen LogP contribution is -2.48. The van der Waals surface area contributed by atoms with E-state index in [2.05, 4.69) is 19.9 Å². The van der Waals surface area contributed by atoms with Gasteiger partial charge in [-0.1, -0.05) is 25.5 Å². The molecule has 116 valence electrons. The lowest BCUT2D eigenvalue weighted by molar-refractivity contribution is -0.125. The van der Waals surface area contributed by atoms with Crippen LogP contribution in [0.2, 0.25) is 0 Å². The van der Waals surface area contributed by atoms with Crippen molar-refractivity contribution in [1.82, 2.24) is 0 Å². The number of hydrogen-bond acceptors (Lipinski definition) is 2. The minimum atomic E-state index is -0.112. The van der Waals surface area contributed by atoms with Gasteiger partial charge >= 0.3 is 0 Å². The van der Waals surface area contributed by atoms with Gasteiger partial charge in [0.15, 0.2) is 0 Å². The van der Waals surface area contributed by atoms with E-state index >= 15 is 0 Å². The summed E-state index contributed by atoms with van der Waals surface area (Å²) in [5, 5.41) is 10.4. The van der Waals surface area contributed by atoms with Gasteiger partial charge in [0, 0.05) is 18.3 Å². The zero-order chi connectivity index (χ0) is 14.8. The highest BCUT2D eigenvalue weighted by atomic mass is 16.3. The van der Waals surface area contributed by atoms with E-state index in [0.717, 1.165) is 32.1 Å². The molecule has 0 aromatic carbocycles. The molecule has 0 aromatic heterocycles. The topological polar surface area (TPSA) is 37.3 Å². The van der Waals surface area contributed by atoms with Crippen LogP contribution in [0.15, 0.2) is 11.6 Å². The Bertz CT molecular complexity index is 508. The van der Waals surface area contributed by atoms with Crippen molar-refractivity contribution >= 4 is 5.78 Å². The van der Waals surface area contributed by atoms with Crippen molar-refractivity contribution in [2.75, 3.05) is 0 Å². The van der Waals surface area contributed by atoms with Crippen molar-refractivity contribution in [2.45, 2.75) is 71.3 Å². The van der Waals surface area contributed by atoms with Gasteiger partial charge in [-0.3, -0.25) is 4.79 Å². The zero-order valence-corrected chi connectivity index (χ0v) is 13.4. The Kier molecular flexibility index (Phi) is 2.96. The number of carbonyl (C=O) groups excluding carboxylic acids is 1. The lowest BCUT2D eigenvalue weighted by Gasteiger charge is -2.55. The van der Waals surface area contributed by atoms with Crippen molar-refractivity contribution < 1.29 is 9.90 Å². The van der Waals surface area contributed by atoms with Gasteiger partial charge in [0.2, 0.25) is 0 Å². The Morgan fingerprint density at radius 1 is 1.19 bits per heavy atom. The standard InChI is InChI=1S/C19H28O2/c1-18-9-7-13(20)11-12(18)3-4-14-15-5-6-17(21)19(15,2)10-8-16(14)18/h8,12,14-15,17,21H,3-7,9-11H2,1-2H3/t12-,14+,15+,17+,18+,19+/m0/s1. The van der Waals surface area contributed by atoms with Crippen LogP contribution in [0.5, 0.6) is 0 Å². The molecule has 0 spiro atoms. The maximum atomic E-state index is 11.8. The second kappa shape index (κ2) is 4.44. The fourth-order valence-corrected chi connectivity index (χ4v) is 6.29. The largest absolute Gasteiger partial charge is 0.393 e. The number of ketones is 1. The Balaban J connectivity index is 1.71. The third kappa shape index (κ3) is 1.78. The number of carbonyl (C=O) groups is 1. The van der Waals surface area contributed by atoms with E-state index in [4.69, 9.17) is 0 Å². The van der Waals surface area contributed by atoms with Crippen LogP contribution < -0.4 is 0 Å². The molecule has 3 fully saturated rings. The average molecular weight is 288 g/mol. The summed E-state index contributed by atoms with van der Waals surface area (Å²) >= 11 is 0. The van der Waals surface area contributed by atoms with Gasteiger partial charge in [-0.2, -0.15) is 0 Å². The van der Waals surface area contributed by atoms with Crippen molar-refractivity contribution in [3.63, 3.8) is 0 Å². The number of Topliss-reactive ketones (excluding diaryl/α,β-unsaturated/α-hetero) is 1. The lowest BCUT2D eigenvalue weighted by atomic mass is 9.49. The molecule has 4 aliphatic rings. The van der Waals surface area contributed by atoms with E-state index in [0.29, 0.717) is 23.5 Å². The highest BCUT2D eigenvalue weighted by molar-refractivity contribution is 5.80. The summed E-state index contributed by atoms with van der Waals surface area (Å²) in [7, 11) is 0. The third-order valence-corrected chi connectivity index (χ3v) is 7.79. The van der Waals surface area contributed by atoms with Crippen molar-refractivity contribution in [1.29, 1.82) is 0 Å². The molecule has 0 heterocycles. The van der Waals surface area contributed by atoms with Crippen LogP contribution in [-0.4, -0.2) is 17.0 Å². The molecule has 4 aliphatic carbocycles. The molecule has 0 radical (unpaired) electrons. The molecule has 2 nitrogen and oxygen atoms in total. The van der Waals surface area contributed by atoms with Crippen LogP contribution in [0, 0.1) is 28.6 Å². The van der Waals surface area contributed by atoms with Crippen molar-refractivity contribution in [3.8, 4) is 0 Å². The van der Waals surface area contributed by atoms with E-state index in [1.807, 2.05) is 0 Å². The van der Waals surface area contributed by atoms with E-state index in [-0.39, 0.29) is 16.9 Å². The third-order valence-electron chi connectivity index (χ3n) is 7.79. The van der Waals surface area contributed by atoms with Crippen molar-refractivity contribution in [2.24, 2.45) is 28.6 Å². The molecule has 0 unspecified atom stereocenters. The predicted octanol–water partition coefficient (Wildman–Crippen LogP) is 3.88. The molecular formula is C19H28O2. The maximum Gasteiger partial charge on any atom is 0.133 e. The van der Waals surface area contributed by atoms with Crippen LogP contribution in [-0.2, 0) is 4.79 Å². The molecule has 0 aromatic rings. The average Bonchev–Trinajstić information content (AvgIpc) is 2.76. The number of fused-ring (bicyclic) bond motifs is 5. The Labute approximate surface area is 128 Å². The minimum absolute atomic E-state index is 0.112. The number of allylic oxidation sites excluding steroid dienone is 2. The number of rotatable bonds is 0. The fourth-order valence-electron chi connectivity index (χ4n) is 6.29. The fraction of sp³-hybridized carbons (Fsp3) is 0.842. The molecule has 1 N–H and O–H groups in total. The molecule has 0 bridgehead atoms. The molecular weight excluding hydrogens is 260 g/mol. The SMILES string of the molecule is C[C@@]12CC=C3[C@H](CC[C@H]4CC(=O)CC[C@@]34C)[C@H]1CC[C@H]2O. The number of aliphatic hydroxyl groups excluding tert-OH is 1. The number of hydrogen-bond donors (Lipinski definition) is 1. The zero-order valence-electron chi connectivity index (χ0n) is 13.4. The normalized spacial score (nSPS) is 52.7. The monoisotopic (exact) mass is 288 g/mol. The summed E-state index contributed by atoms with van der Waals surface area (Å²) in [6, 6.07) is 0. The van der Waals surface area contributed by atoms with Gasteiger partial charge in [-0.05, 0) is 61.7 Å². The highest BCUT2D eigenvalue weighted by Crippen LogP contribution is 2.63.